The van der Waals surface area contributed by atoms with Crippen molar-refractivity contribution < 1.29 is 39.1 Å². The van der Waals surface area contributed by atoms with Crippen molar-refractivity contribution in [2.45, 2.75) is 18.9 Å². The van der Waals surface area contributed by atoms with Crippen LogP contribution >= 0.6 is 0 Å². The number of carbonyl (C=O) groups is 3. The predicted octanol–water partition coefficient (Wildman–Crippen LogP) is -1.43. The second-order valence-electron chi connectivity index (χ2n) is 6.19. The summed E-state index contributed by atoms with van der Waals surface area (Å²) in [6, 6.07) is 4.49. The Balaban J connectivity index is 1.75. The molecule has 14 heteroatoms. The molecule has 1 aliphatic heterocycles. The van der Waals surface area contributed by atoms with E-state index in [-0.39, 0.29) is 30.0 Å². The van der Waals surface area contributed by atoms with Crippen LogP contribution < -0.4 is 9.97 Å². The van der Waals surface area contributed by atoms with Crippen molar-refractivity contribution in [3.63, 3.8) is 0 Å². The largest absolute Gasteiger partial charge is 0.547 e. The number of carbonyl (C=O) groups excluding carboxylic acids is 1. The molecule has 0 saturated carbocycles. The number of nitrogens with one attached hydrogen (secondary N) is 1. The minimum Gasteiger partial charge on any atom is -0.534 e. The molecule has 1 aliphatic rings. The monoisotopic (exact) mass is 417 g/mol. The maximum absolute atomic E-state index is 12.7. The smallest absolute Gasteiger partial charge is 0.534 e. The van der Waals surface area contributed by atoms with Crippen molar-refractivity contribution in [2.24, 2.45) is 5.16 Å². The van der Waals surface area contributed by atoms with E-state index in [2.05, 4.69) is 25.4 Å². The van der Waals surface area contributed by atoms with E-state index in [4.69, 9.17) is 9.76 Å². The van der Waals surface area contributed by atoms with E-state index in [1.807, 2.05) is 0 Å². The van der Waals surface area contributed by atoms with Gasteiger partial charge in [-0.15, -0.1) is 0 Å². The van der Waals surface area contributed by atoms with Crippen LogP contribution in [0.3, 0.4) is 0 Å². The van der Waals surface area contributed by atoms with E-state index in [1.165, 1.54) is 29.5 Å². The highest BCUT2D eigenvalue weighted by molar-refractivity contribution is 6.48. The van der Waals surface area contributed by atoms with Crippen LogP contribution in [0.1, 0.15) is 15.9 Å². The molecular weight excluding hydrogens is 401 g/mol. The number of oxime groups is 1. The molecule has 0 radical (unpaired) electrons. The number of carboxylic acids is 2. The fourth-order valence-electron chi connectivity index (χ4n) is 2.74. The zero-order chi connectivity index (χ0) is 21.7. The molecule has 1 aromatic carbocycles. The number of para-hydroxylation sites is 1. The summed E-state index contributed by atoms with van der Waals surface area (Å²) in [5.74, 6) is -4.14. The van der Waals surface area contributed by atoms with E-state index >= 15 is 0 Å². The summed E-state index contributed by atoms with van der Waals surface area (Å²) >= 11 is 0. The summed E-state index contributed by atoms with van der Waals surface area (Å²) in [4.78, 5) is 43.0. The molecule has 1 amide bonds. The van der Waals surface area contributed by atoms with Gasteiger partial charge in [0, 0.05) is 0 Å². The normalized spacial score (nSPS) is 15.7. The van der Waals surface area contributed by atoms with Crippen molar-refractivity contribution in [3.05, 3.63) is 42.0 Å². The van der Waals surface area contributed by atoms with Crippen molar-refractivity contribution in [2.75, 3.05) is 6.61 Å². The van der Waals surface area contributed by atoms with Crippen LogP contribution in [0.15, 0.2) is 36.0 Å². The number of nitrogens with zero attached hydrogens (tertiary/aromatic N) is 4. The zero-order valence-electron chi connectivity index (χ0n) is 15.3. The SMILES string of the molecule is O=C(O)CO/N=C(/Cn1cncn1)C(=O)N[C@H]1Cc2cccc(C(=O)O)c2OB1O. The molecule has 0 spiro atoms. The molecule has 1 atom stereocenters. The summed E-state index contributed by atoms with van der Waals surface area (Å²) < 4.78 is 6.59. The molecule has 0 unspecified atom stereocenters. The molecule has 4 N–H and O–H groups in total. The number of hydrogen-bond acceptors (Lipinski definition) is 9. The van der Waals surface area contributed by atoms with E-state index in [0.29, 0.717) is 5.56 Å². The molecule has 30 heavy (non-hydrogen) atoms. The lowest BCUT2D eigenvalue weighted by atomic mass is 9.72. The first-order valence-corrected chi connectivity index (χ1v) is 8.59. The fourth-order valence-corrected chi connectivity index (χ4v) is 2.74. The van der Waals surface area contributed by atoms with Crippen LogP contribution in [0, 0.1) is 0 Å². The second kappa shape index (κ2) is 9.04. The summed E-state index contributed by atoms with van der Waals surface area (Å²) in [7, 11) is -1.52. The van der Waals surface area contributed by atoms with Gasteiger partial charge in [0.15, 0.2) is 5.71 Å². The molecule has 156 valence electrons. The number of aromatic carboxylic acids is 1. The van der Waals surface area contributed by atoms with Gasteiger partial charge < -0.3 is 30.0 Å². The maximum Gasteiger partial charge on any atom is 0.547 e. The highest BCUT2D eigenvalue weighted by Gasteiger charge is 2.38. The van der Waals surface area contributed by atoms with Gasteiger partial charge in [-0.05, 0) is 18.1 Å². The van der Waals surface area contributed by atoms with Crippen LogP contribution in [0.4, 0.5) is 0 Å². The van der Waals surface area contributed by atoms with Gasteiger partial charge in [-0.2, -0.15) is 5.10 Å². The van der Waals surface area contributed by atoms with E-state index in [0.717, 1.165) is 0 Å². The van der Waals surface area contributed by atoms with Crippen LogP contribution in [-0.4, -0.2) is 73.2 Å². The number of carboxylic acid groups (broad SMARTS) is 2. The molecular formula is C16H16BN5O8. The van der Waals surface area contributed by atoms with Gasteiger partial charge in [0.2, 0.25) is 6.61 Å². The second-order valence-corrected chi connectivity index (χ2v) is 6.19. The standard InChI is InChI=1S/C16H16BN5O8/c23-13(24)6-29-21-11(5-22-8-18-7-19-22)15(25)20-12-4-9-2-1-3-10(16(26)27)14(9)30-17(12)28/h1-3,7-8,12,28H,4-6H2,(H,20,25)(H,23,24)(H,26,27)/b21-11-/t12-/m0/s1. The third-order valence-electron chi connectivity index (χ3n) is 4.07. The summed E-state index contributed by atoms with van der Waals surface area (Å²) in [6.07, 6.45) is 2.65. The van der Waals surface area contributed by atoms with Crippen LogP contribution in [0.25, 0.3) is 0 Å². The molecule has 2 heterocycles. The summed E-state index contributed by atoms with van der Waals surface area (Å²) in [6.45, 7) is -0.927. The number of aliphatic carboxylic acids is 1. The Morgan fingerprint density at radius 2 is 2.17 bits per heavy atom. The Kier molecular flexibility index (Phi) is 6.27. The van der Waals surface area contributed by atoms with Crippen molar-refractivity contribution >= 4 is 30.7 Å². The van der Waals surface area contributed by atoms with Gasteiger partial charge in [-0.1, -0.05) is 17.3 Å². The molecule has 1 aromatic heterocycles. The fraction of sp³-hybridized carbons (Fsp3) is 0.250. The third-order valence-corrected chi connectivity index (χ3v) is 4.07. The van der Waals surface area contributed by atoms with Crippen molar-refractivity contribution in [1.29, 1.82) is 0 Å². The van der Waals surface area contributed by atoms with Crippen LogP contribution in [0.2, 0.25) is 0 Å². The third kappa shape index (κ3) is 4.91. The number of fused-ring (bicyclic) bond motifs is 1. The highest BCUT2D eigenvalue weighted by atomic mass is 16.6. The Morgan fingerprint density at radius 1 is 1.37 bits per heavy atom. The molecule has 2 aromatic rings. The van der Waals surface area contributed by atoms with Crippen LogP contribution in [-0.2, 0) is 27.4 Å². The quantitative estimate of drug-likeness (QED) is 0.225. The maximum atomic E-state index is 12.7. The average molecular weight is 417 g/mol. The van der Waals surface area contributed by atoms with E-state index in [1.54, 1.807) is 6.07 Å². The lowest BCUT2D eigenvalue weighted by molar-refractivity contribution is -0.142. The Hall–Kier alpha value is -3.94. The summed E-state index contributed by atoms with van der Waals surface area (Å²) in [5.41, 5.74) is 0.160. The first kappa shape index (κ1) is 20.8. The first-order chi connectivity index (χ1) is 14.3. The zero-order valence-corrected chi connectivity index (χ0v) is 15.3. The van der Waals surface area contributed by atoms with Gasteiger partial charge in [-0.25, -0.2) is 19.3 Å². The molecule has 3 rings (SSSR count). The number of rotatable bonds is 8. The van der Waals surface area contributed by atoms with Gasteiger partial charge in [0.25, 0.3) is 5.91 Å². The Bertz CT molecular complexity index is 980. The molecule has 0 saturated heterocycles. The number of hydrogen-bond donors (Lipinski definition) is 4. The molecule has 0 bridgehead atoms. The lowest BCUT2D eigenvalue weighted by Gasteiger charge is -2.28. The lowest BCUT2D eigenvalue weighted by Crippen LogP contribution is -2.54. The number of benzene rings is 1. The molecule has 0 aliphatic carbocycles. The number of amides is 1. The van der Waals surface area contributed by atoms with Gasteiger partial charge in [0.1, 0.15) is 18.4 Å². The number of aromatic nitrogens is 3. The van der Waals surface area contributed by atoms with Gasteiger partial charge in [0.05, 0.1) is 18.0 Å². The highest BCUT2D eigenvalue weighted by Crippen LogP contribution is 2.30. The Morgan fingerprint density at radius 3 is 2.83 bits per heavy atom. The Labute approximate surface area is 169 Å². The predicted molar refractivity (Wildman–Crippen MR) is 98.7 cm³/mol. The minimum atomic E-state index is -1.52. The van der Waals surface area contributed by atoms with Crippen molar-refractivity contribution in [3.8, 4) is 5.75 Å². The van der Waals surface area contributed by atoms with E-state index < -0.39 is 37.5 Å². The van der Waals surface area contributed by atoms with Gasteiger partial charge in [-0.3, -0.25) is 4.79 Å². The topological polar surface area (TPSA) is 185 Å². The first-order valence-electron chi connectivity index (χ1n) is 8.59. The molecule has 0 fully saturated rings. The van der Waals surface area contributed by atoms with Gasteiger partial charge >= 0.3 is 19.1 Å². The van der Waals surface area contributed by atoms with Crippen molar-refractivity contribution in [1.82, 2.24) is 20.1 Å². The minimum absolute atomic E-state index is 0.0318. The average Bonchev–Trinajstić information content (AvgIpc) is 3.20. The van der Waals surface area contributed by atoms with E-state index in [9.17, 15) is 24.5 Å². The summed E-state index contributed by atoms with van der Waals surface area (Å²) in [5, 5.41) is 38.1. The van der Waals surface area contributed by atoms with Crippen LogP contribution in [0.5, 0.6) is 5.75 Å². The molecule has 13 nitrogen and oxygen atoms in total.